The molecule has 1 heterocycles. The number of halogens is 1. The third-order valence-electron chi connectivity index (χ3n) is 4.02. The van der Waals surface area contributed by atoms with E-state index in [4.69, 9.17) is 5.11 Å². The van der Waals surface area contributed by atoms with E-state index in [1.807, 2.05) is 6.07 Å². The summed E-state index contributed by atoms with van der Waals surface area (Å²) in [5.41, 5.74) is 1.75. The molecule has 0 aliphatic carbocycles. The number of nitrogens with one attached hydrogen (secondary N) is 1. The van der Waals surface area contributed by atoms with Gasteiger partial charge in [-0.1, -0.05) is 12.1 Å². The molecule has 3 nitrogen and oxygen atoms in total. The second-order valence-electron chi connectivity index (χ2n) is 6.96. The van der Waals surface area contributed by atoms with E-state index < -0.39 is 0 Å². The minimum atomic E-state index is -0.146. The molecule has 21 heavy (non-hydrogen) atoms. The van der Waals surface area contributed by atoms with Gasteiger partial charge in [-0.2, -0.15) is 0 Å². The minimum Gasteiger partial charge on any atom is -0.396 e. The number of anilines is 1. The van der Waals surface area contributed by atoms with Crippen LogP contribution in [-0.2, 0) is 6.54 Å². The number of hydrogen-bond donors (Lipinski definition) is 2. The molecular formula is C17H27FN2O. The lowest BCUT2D eigenvalue weighted by atomic mass is 10.1. The van der Waals surface area contributed by atoms with Gasteiger partial charge in [0.1, 0.15) is 5.82 Å². The van der Waals surface area contributed by atoms with Gasteiger partial charge in [0, 0.05) is 31.8 Å². The molecular weight excluding hydrogens is 267 g/mol. The van der Waals surface area contributed by atoms with Crippen molar-refractivity contribution in [2.75, 3.05) is 24.6 Å². The van der Waals surface area contributed by atoms with E-state index in [1.165, 1.54) is 6.07 Å². The molecule has 1 saturated heterocycles. The summed E-state index contributed by atoms with van der Waals surface area (Å²) in [7, 11) is 0. The van der Waals surface area contributed by atoms with Crippen LogP contribution in [0.2, 0.25) is 0 Å². The molecule has 2 rings (SSSR count). The quantitative estimate of drug-likeness (QED) is 0.876. The van der Waals surface area contributed by atoms with Crippen molar-refractivity contribution in [2.45, 2.75) is 45.7 Å². The molecule has 1 fully saturated rings. The van der Waals surface area contributed by atoms with Gasteiger partial charge >= 0.3 is 0 Å². The van der Waals surface area contributed by atoms with Gasteiger partial charge in [-0.3, -0.25) is 0 Å². The molecule has 118 valence electrons. The summed E-state index contributed by atoms with van der Waals surface area (Å²) in [6.45, 7) is 8.92. The Balaban J connectivity index is 2.15. The first-order valence-electron chi connectivity index (χ1n) is 7.79. The predicted octanol–water partition coefficient (Wildman–Crippen LogP) is 2.92. The number of hydrogen-bond acceptors (Lipinski definition) is 3. The second-order valence-corrected chi connectivity index (χ2v) is 6.96. The van der Waals surface area contributed by atoms with Crippen LogP contribution >= 0.6 is 0 Å². The van der Waals surface area contributed by atoms with Crippen LogP contribution in [0.15, 0.2) is 18.2 Å². The first kappa shape index (κ1) is 16.2. The number of nitrogens with zero attached hydrogens (tertiary/aromatic N) is 1. The van der Waals surface area contributed by atoms with E-state index in [0.29, 0.717) is 12.5 Å². The van der Waals surface area contributed by atoms with Crippen LogP contribution in [0.4, 0.5) is 10.1 Å². The SMILES string of the molecule is CC(C)(C)NCc1cccc(F)c1N1CCC(CCO)C1. The van der Waals surface area contributed by atoms with Crippen LogP contribution in [0.25, 0.3) is 0 Å². The van der Waals surface area contributed by atoms with E-state index in [-0.39, 0.29) is 18.0 Å². The molecule has 1 aliphatic rings. The lowest BCUT2D eigenvalue weighted by Crippen LogP contribution is -2.35. The van der Waals surface area contributed by atoms with Crippen molar-refractivity contribution in [3.8, 4) is 0 Å². The molecule has 0 aromatic heterocycles. The Labute approximate surface area is 127 Å². The van der Waals surface area contributed by atoms with E-state index in [2.05, 4.69) is 31.0 Å². The lowest BCUT2D eigenvalue weighted by molar-refractivity contribution is 0.263. The molecule has 1 unspecified atom stereocenters. The summed E-state index contributed by atoms with van der Waals surface area (Å²) in [5.74, 6) is 0.325. The Hall–Kier alpha value is -1.13. The minimum absolute atomic E-state index is 0.00796. The van der Waals surface area contributed by atoms with E-state index in [0.717, 1.165) is 37.2 Å². The molecule has 0 radical (unpaired) electrons. The zero-order valence-electron chi connectivity index (χ0n) is 13.3. The second kappa shape index (κ2) is 6.75. The van der Waals surface area contributed by atoms with Crippen molar-refractivity contribution in [3.05, 3.63) is 29.6 Å². The van der Waals surface area contributed by atoms with Gasteiger partial charge < -0.3 is 15.3 Å². The number of rotatable bonds is 5. The Bertz CT molecular complexity index is 470. The maximum atomic E-state index is 14.3. The molecule has 1 aromatic rings. The molecule has 0 bridgehead atoms. The Morgan fingerprint density at radius 2 is 2.14 bits per heavy atom. The molecule has 1 atom stereocenters. The number of para-hydroxylation sites is 1. The van der Waals surface area contributed by atoms with Crippen molar-refractivity contribution in [1.82, 2.24) is 5.32 Å². The summed E-state index contributed by atoms with van der Waals surface area (Å²) >= 11 is 0. The van der Waals surface area contributed by atoms with Crippen LogP contribution in [0.3, 0.4) is 0 Å². The lowest BCUT2D eigenvalue weighted by Gasteiger charge is -2.26. The van der Waals surface area contributed by atoms with Gasteiger partial charge in [0.15, 0.2) is 0 Å². The van der Waals surface area contributed by atoms with Gasteiger partial charge in [-0.15, -0.1) is 0 Å². The standard InChI is InChI=1S/C17H27FN2O/c1-17(2,3)19-11-14-5-4-6-15(18)16(14)20-9-7-13(12-20)8-10-21/h4-6,13,19,21H,7-12H2,1-3H3. The fourth-order valence-electron chi connectivity index (χ4n) is 2.87. The maximum Gasteiger partial charge on any atom is 0.146 e. The largest absolute Gasteiger partial charge is 0.396 e. The third-order valence-corrected chi connectivity index (χ3v) is 4.02. The van der Waals surface area contributed by atoms with Crippen LogP contribution in [0.1, 0.15) is 39.2 Å². The monoisotopic (exact) mass is 294 g/mol. The van der Waals surface area contributed by atoms with Crippen molar-refractivity contribution >= 4 is 5.69 Å². The summed E-state index contributed by atoms with van der Waals surface area (Å²) in [4.78, 5) is 2.13. The Morgan fingerprint density at radius 3 is 2.81 bits per heavy atom. The van der Waals surface area contributed by atoms with Crippen LogP contribution in [0.5, 0.6) is 0 Å². The molecule has 0 amide bonds. The van der Waals surface area contributed by atoms with Crippen molar-refractivity contribution in [3.63, 3.8) is 0 Å². The fourth-order valence-corrected chi connectivity index (χ4v) is 2.87. The van der Waals surface area contributed by atoms with Crippen molar-refractivity contribution in [2.24, 2.45) is 5.92 Å². The van der Waals surface area contributed by atoms with Crippen LogP contribution in [0, 0.1) is 11.7 Å². The zero-order chi connectivity index (χ0) is 15.5. The summed E-state index contributed by atoms with van der Waals surface area (Å²) < 4.78 is 14.3. The molecule has 2 N–H and O–H groups in total. The van der Waals surface area contributed by atoms with Crippen LogP contribution in [-0.4, -0.2) is 30.3 Å². The highest BCUT2D eigenvalue weighted by molar-refractivity contribution is 5.55. The summed E-state index contributed by atoms with van der Waals surface area (Å²) in [6.07, 6.45) is 1.83. The predicted molar refractivity (Wildman–Crippen MR) is 85.0 cm³/mol. The Morgan fingerprint density at radius 1 is 1.38 bits per heavy atom. The average Bonchev–Trinajstić information content (AvgIpc) is 2.84. The zero-order valence-corrected chi connectivity index (χ0v) is 13.3. The average molecular weight is 294 g/mol. The van der Waals surface area contributed by atoms with Gasteiger partial charge in [-0.05, 0) is 51.2 Å². The number of benzene rings is 1. The molecule has 0 saturated carbocycles. The first-order valence-corrected chi connectivity index (χ1v) is 7.79. The van der Waals surface area contributed by atoms with E-state index >= 15 is 0 Å². The van der Waals surface area contributed by atoms with Gasteiger partial charge in [0.05, 0.1) is 5.69 Å². The van der Waals surface area contributed by atoms with E-state index in [1.54, 1.807) is 6.07 Å². The molecule has 1 aliphatic heterocycles. The summed E-state index contributed by atoms with van der Waals surface area (Å²) in [5, 5.41) is 12.5. The molecule has 0 spiro atoms. The Kier molecular flexibility index (Phi) is 5.22. The van der Waals surface area contributed by atoms with E-state index in [9.17, 15) is 4.39 Å². The van der Waals surface area contributed by atoms with Gasteiger partial charge in [-0.25, -0.2) is 4.39 Å². The summed E-state index contributed by atoms with van der Waals surface area (Å²) in [6, 6.07) is 5.31. The fraction of sp³-hybridized carbons (Fsp3) is 0.647. The van der Waals surface area contributed by atoms with Gasteiger partial charge in [0.25, 0.3) is 0 Å². The van der Waals surface area contributed by atoms with Crippen molar-refractivity contribution in [1.29, 1.82) is 0 Å². The highest BCUT2D eigenvalue weighted by Gasteiger charge is 2.26. The number of aliphatic hydroxyl groups excluding tert-OH is 1. The highest BCUT2D eigenvalue weighted by atomic mass is 19.1. The smallest absolute Gasteiger partial charge is 0.146 e. The topological polar surface area (TPSA) is 35.5 Å². The van der Waals surface area contributed by atoms with Crippen molar-refractivity contribution < 1.29 is 9.50 Å². The third kappa shape index (κ3) is 4.42. The normalized spacial score (nSPS) is 19.3. The maximum absolute atomic E-state index is 14.3. The molecule has 4 heteroatoms. The van der Waals surface area contributed by atoms with Crippen LogP contribution < -0.4 is 10.2 Å². The number of aliphatic hydroxyl groups is 1. The first-order chi connectivity index (χ1) is 9.90. The van der Waals surface area contributed by atoms with Gasteiger partial charge in [0.2, 0.25) is 0 Å². The molecule has 1 aromatic carbocycles. The highest BCUT2D eigenvalue weighted by Crippen LogP contribution is 2.31.